The minimum atomic E-state index is -4.08. The summed E-state index contributed by atoms with van der Waals surface area (Å²) in [5.41, 5.74) is 0. The predicted octanol–water partition coefficient (Wildman–Crippen LogP) is -0.963. The quantitative estimate of drug-likeness (QED) is 0.552. The standard InChI is InChI=1S/C4H7NO5S2/c1-2-3-5-11(6,7)4-10-12(5,8)9/h2H,1,3-4H2. The van der Waals surface area contributed by atoms with Crippen molar-refractivity contribution >= 4 is 20.3 Å². The lowest BCUT2D eigenvalue weighted by atomic mass is 10.7. The van der Waals surface area contributed by atoms with Crippen molar-refractivity contribution in [3.05, 3.63) is 12.7 Å². The molecule has 0 aromatic heterocycles. The average molecular weight is 213 g/mol. The minimum Gasteiger partial charge on any atom is -0.239 e. The molecule has 1 aliphatic heterocycles. The van der Waals surface area contributed by atoms with Gasteiger partial charge in [-0.1, -0.05) is 9.79 Å². The lowest BCUT2D eigenvalue weighted by Crippen LogP contribution is -2.29. The van der Waals surface area contributed by atoms with E-state index < -0.39 is 26.3 Å². The van der Waals surface area contributed by atoms with Gasteiger partial charge in [0.15, 0.2) is 5.94 Å². The number of hydrogen-bond donors (Lipinski definition) is 0. The molecule has 0 amide bonds. The zero-order valence-electron chi connectivity index (χ0n) is 6.00. The maximum absolute atomic E-state index is 10.9. The van der Waals surface area contributed by atoms with Crippen molar-refractivity contribution in [3.8, 4) is 0 Å². The largest absolute Gasteiger partial charge is 0.353 e. The van der Waals surface area contributed by atoms with Crippen LogP contribution in [-0.4, -0.2) is 33.0 Å². The Hall–Kier alpha value is -0.440. The van der Waals surface area contributed by atoms with Crippen molar-refractivity contribution in [1.82, 2.24) is 3.71 Å². The lowest BCUT2D eigenvalue weighted by molar-refractivity contribution is 0.374. The van der Waals surface area contributed by atoms with Crippen molar-refractivity contribution in [3.63, 3.8) is 0 Å². The molecule has 0 atom stereocenters. The van der Waals surface area contributed by atoms with E-state index in [-0.39, 0.29) is 10.3 Å². The number of sulfonamides is 1. The van der Waals surface area contributed by atoms with E-state index in [2.05, 4.69) is 10.8 Å². The molecule has 70 valence electrons. The molecule has 1 fully saturated rings. The van der Waals surface area contributed by atoms with Crippen LogP contribution >= 0.6 is 0 Å². The maximum Gasteiger partial charge on any atom is 0.353 e. The molecule has 0 unspecified atom stereocenters. The first kappa shape index (κ1) is 9.65. The van der Waals surface area contributed by atoms with Gasteiger partial charge in [-0.2, -0.15) is 8.42 Å². The average Bonchev–Trinajstić information content (AvgIpc) is 2.13. The monoisotopic (exact) mass is 213 g/mol. The van der Waals surface area contributed by atoms with Crippen LogP contribution in [0.1, 0.15) is 0 Å². The molecule has 12 heavy (non-hydrogen) atoms. The van der Waals surface area contributed by atoms with Crippen LogP contribution in [0.2, 0.25) is 0 Å². The Morgan fingerprint density at radius 3 is 2.33 bits per heavy atom. The van der Waals surface area contributed by atoms with Gasteiger partial charge in [0.1, 0.15) is 0 Å². The Morgan fingerprint density at radius 1 is 1.42 bits per heavy atom. The Balaban J connectivity index is 3.14. The van der Waals surface area contributed by atoms with E-state index >= 15 is 0 Å². The van der Waals surface area contributed by atoms with Crippen molar-refractivity contribution in [1.29, 1.82) is 0 Å². The van der Waals surface area contributed by atoms with Gasteiger partial charge < -0.3 is 0 Å². The summed E-state index contributed by atoms with van der Waals surface area (Å²) >= 11 is 0. The van der Waals surface area contributed by atoms with Crippen molar-refractivity contribution in [2.75, 3.05) is 12.5 Å². The van der Waals surface area contributed by atoms with Crippen molar-refractivity contribution in [2.45, 2.75) is 0 Å². The van der Waals surface area contributed by atoms with Gasteiger partial charge in [0.2, 0.25) is 0 Å². The van der Waals surface area contributed by atoms with E-state index in [0.717, 1.165) is 0 Å². The molecule has 1 heterocycles. The summed E-state index contributed by atoms with van der Waals surface area (Å²) in [4.78, 5) is 0. The molecule has 0 aromatic rings. The first-order valence-electron chi connectivity index (χ1n) is 2.91. The van der Waals surface area contributed by atoms with E-state index in [1.165, 1.54) is 6.08 Å². The van der Waals surface area contributed by atoms with Gasteiger partial charge in [0.25, 0.3) is 10.0 Å². The van der Waals surface area contributed by atoms with Crippen LogP contribution < -0.4 is 0 Å². The number of hydrogen-bond acceptors (Lipinski definition) is 5. The zero-order chi connectivity index (χ0) is 9.41. The second-order valence-corrected chi connectivity index (χ2v) is 5.65. The summed E-state index contributed by atoms with van der Waals surface area (Å²) in [5.74, 6) is -0.816. The topological polar surface area (TPSA) is 80.8 Å². The number of rotatable bonds is 2. The molecule has 1 saturated heterocycles. The van der Waals surface area contributed by atoms with Gasteiger partial charge in [-0.15, -0.1) is 6.58 Å². The van der Waals surface area contributed by atoms with Crippen LogP contribution in [0.15, 0.2) is 12.7 Å². The van der Waals surface area contributed by atoms with Gasteiger partial charge in [0, 0.05) is 6.54 Å². The maximum atomic E-state index is 10.9. The van der Waals surface area contributed by atoms with Crippen LogP contribution in [0, 0.1) is 0 Å². The highest BCUT2D eigenvalue weighted by atomic mass is 32.3. The van der Waals surface area contributed by atoms with Gasteiger partial charge >= 0.3 is 10.3 Å². The highest BCUT2D eigenvalue weighted by Crippen LogP contribution is 2.19. The third-order valence-electron chi connectivity index (χ3n) is 1.18. The third-order valence-corrected chi connectivity index (χ3v) is 4.81. The summed E-state index contributed by atoms with van der Waals surface area (Å²) in [6, 6.07) is 0. The van der Waals surface area contributed by atoms with Gasteiger partial charge in [-0.25, -0.2) is 12.6 Å². The molecule has 0 radical (unpaired) electrons. The van der Waals surface area contributed by atoms with E-state index in [4.69, 9.17) is 0 Å². The fraction of sp³-hybridized carbons (Fsp3) is 0.500. The Morgan fingerprint density at radius 2 is 2.00 bits per heavy atom. The summed E-state index contributed by atoms with van der Waals surface area (Å²) in [6.07, 6.45) is 1.17. The van der Waals surface area contributed by atoms with Crippen molar-refractivity contribution in [2.24, 2.45) is 0 Å². The number of nitrogens with zero attached hydrogens (tertiary/aromatic N) is 1. The van der Waals surface area contributed by atoms with E-state index in [1.54, 1.807) is 0 Å². The molecule has 0 aliphatic carbocycles. The van der Waals surface area contributed by atoms with Crippen LogP contribution in [0.3, 0.4) is 0 Å². The first-order valence-corrected chi connectivity index (χ1v) is 5.88. The molecule has 0 bridgehead atoms. The fourth-order valence-corrected chi connectivity index (χ4v) is 3.89. The third kappa shape index (κ3) is 1.51. The Bertz CT molecular complexity index is 346. The molecular weight excluding hydrogens is 206 g/mol. The second kappa shape index (κ2) is 2.80. The smallest absolute Gasteiger partial charge is 0.239 e. The molecule has 1 rings (SSSR count). The molecule has 0 N–H and O–H groups in total. The normalized spacial score (nSPS) is 27.0. The van der Waals surface area contributed by atoms with Crippen LogP contribution in [0.5, 0.6) is 0 Å². The summed E-state index contributed by atoms with van der Waals surface area (Å²) in [7, 11) is -7.89. The summed E-state index contributed by atoms with van der Waals surface area (Å²) in [5, 5.41) is 0. The SMILES string of the molecule is C=CCN1S(=O)(=O)COS1(=O)=O. The van der Waals surface area contributed by atoms with E-state index in [9.17, 15) is 16.8 Å². The lowest BCUT2D eigenvalue weighted by Gasteiger charge is -2.06. The predicted molar refractivity (Wildman–Crippen MR) is 40.7 cm³/mol. The van der Waals surface area contributed by atoms with E-state index in [1.807, 2.05) is 0 Å². The molecule has 1 aliphatic rings. The molecule has 6 nitrogen and oxygen atoms in total. The van der Waals surface area contributed by atoms with Gasteiger partial charge in [-0.05, 0) is 0 Å². The molecule has 0 spiro atoms. The molecule has 8 heteroatoms. The minimum absolute atomic E-state index is 0.271. The summed E-state index contributed by atoms with van der Waals surface area (Å²) in [6.45, 7) is 2.94. The fourth-order valence-electron chi connectivity index (χ4n) is 0.689. The van der Waals surface area contributed by atoms with Gasteiger partial charge in [-0.3, -0.25) is 0 Å². The van der Waals surface area contributed by atoms with Crippen LogP contribution in [0.25, 0.3) is 0 Å². The molecule has 0 aromatic carbocycles. The second-order valence-electron chi connectivity index (χ2n) is 2.05. The first-order chi connectivity index (χ1) is 5.40. The van der Waals surface area contributed by atoms with Crippen LogP contribution in [0.4, 0.5) is 0 Å². The van der Waals surface area contributed by atoms with Crippen LogP contribution in [-0.2, 0) is 24.5 Å². The Labute approximate surface area is 70.7 Å². The summed E-state index contributed by atoms with van der Waals surface area (Å²) < 4.78 is 47.9. The highest BCUT2D eigenvalue weighted by Gasteiger charge is 2.42. The molecular formula is C4H7NO5S2. The highest BCUT2D eigenvalue weighted by molar-refractivity contribution is 8.04. The van der Waals surface area contributed by atoms with Gasteiger partial charge in [0.05, 0.1) is 0 Å². The van der Waals surface area contributed by atoms with E-state index in [0.29, 0.717) is 0 Å². The van der Waals surface area contributed by atoms with Crippen molar-refractivity contribution < 1.29 is 21.0 Å². The molecule has 0 saturated carbocycles. The zero-order valence-corrected chi connectivity index (χ0v) is 7.64. The Kier molecular flexibility index (Phi) is 2.25.